The van der Waals surface area contributed by atoms with Gasteiger partial charge in [-0.25, -0.2) is 24.4 Å². The van der Waals surface area contributed by atoms with E-state index in [0.717, 1.165) is 65.6 Å². The monoisotopic (exact) mass is 1530 g/mol. The number of anilines is 2. The molecular weight excluding hydrogens is 1440 g/mol. The quantitative estimate of drug-likeness (QED) is 0.00915. The molecule has 0 radical (unpaired) electrons. The summed E-state index contributed by atoms with van der Waals surface area (Å²) in [5, 5.41) is 50.1. The Morgan fingerprint density at radius 2 is 1.64 bits per heavy atom. The lowest BCUT2D eigenvalue weighted by Crippen LogP contribution is -2.64. The highest BCUT2D eigenvalue weighted by Gasteiger charge is 2.66. The summed E-state index contributed by atoms with van der Waals surface area (Å²) in [6.45, 7) is 7.02. The second-order valence-electron chi connectivity index (χ2n) is 29.4. The van der Waals surface area contributed by atoms with Crippen LogP contribution in [0.3, 0.4) is 0 Å². The number of thiazole rings is 1. The molecule has 3 aromatic carbocycles. The van der Waals surface area contributed by atoms with E-state index in [0.29, 0.717) is 83.3 Å². The number of methoxy groups -OCH3 is 1. The Hall–Kier alpha value is -9.03. The predicted molar refractivity (Wildman–Crippen MR) is 397 cm³/mol. The summed E-state index contributed by atoms with van der Waals surface area (Å²) in [6, 6.07) is 19.4. The van der Waals surface area contributed by atoms with Gasteiger partial charge < -0.3 is 74.9 Å². The van der Waals surface area contributed by atoms with Crippen molar-refractivity contribution >= 4 is 95.5 Å². The van der Waals surface area contributed by atoms with Crippen molar-refractivity contribution in [2.75, 3.05) is 102 Å². The number of para-hydroxylation sites is 1. The molecule has 582 valence electrons. The molecule has 108 heavy (non-hydrogen) atoms. The number of urea groups is 1. The summed E-state index contributed by atoms with van der Waals surface area (Å²) in [4.78, 5) is 109. The number of unbranched alkanes of at least 4 members (excludes halogenated alkanes) is 2. The minimum atomic E-state index is -4.73. The standard InChI is InChI=1S/C75H94N10O21S2/c1-46(52(35-76)51-19-20-53(80-63(51)67(93)94)48-16-15-47-11-10-25-84(56(47)33-48)70(95)82-69-81-54-12-7-8-13-59(54)107-69)78-45-74-40-72(2)39-73(3,41-74)43-75(42-72,44-74)105-30-27-83(26-29-100-4)71(96)104-36-49-17-18-50(106-68-65(91)64(90)57(86)37-103-68)34-58(49)102-32-31-101-28-23-77-66(92)55(38-108(97,98)99)79-60(87)14-6-5-9-24-85-61(88)21-22-62(85)89/h7-8,12-13,15-22,33-35,55,57,64-65,68,86,90-91H,5-6,9-11,14,23-32,36-45,76H2,1-4H3,(H,77,92)(H,79,87)(H,93,94)(H,81,82,95)(H,97,98,99)/t55-,57+,64+,65+,68+,72?,73?,74?,75?/m0/s1. The first-order valence-corrected chi connectivity index (χ1v) is 38.5. The number of fused-ring (bicyclic) bond motifs is 2. The van der Waals surface area contributed by atoms with E-state index >= 15 is 0 Å². The molecular formula is C75H94N10O21S2. The molecule has 5 fully saturated rings. The van der Waals surface area contributed by atoms with Crippen molar-refractivity contribution in [2.45, 2.75) is 141 Å². The lowest BCUT2D eigenvalue weighted by molar-refractivity contribution is -0.242. The molecule has 10 N–H and O–H groups in total. The molecule has 3 aliphatic heterocycles. The maximum absolute atomic E-state index is 14.2. The van der Waals surface area contributed by atoms with Crippen molar-refractivity contribution in [3.8, 4) is 22.8 Å². The number of carboxylic acid groups (broad SMARTS) is 1. The normalized spacial score (nSPS) is 24.2. The molecule has 2 aromatic heterocycles. The van der Waals surface area contributed by atoms with Crippen LogP contribution in [0.1, 0.15) is 119 Å². The number of carboxylic acids is 1. The van der Waals surface area contributed by atoms with Crippen molar-refractivity contribution in [3.05, 3.63) is 114 Å². The Balaban J connectivity index is 0.697. The minimum absolute atomic E-state index is 0.0816. The zero-order valence-electron chi connectivity index (χ0n) is 60.8. The van der Waals surface area contributed by atoms with Crippen LogP contribution < -0.4 is 36.1 Å². The first-order chi connectivity index (χ1) is 51.6. The second-order valence-corrected chi connectivity index (χ2v) is 31.9. The fourth-order valence-electron chi connectivity index (χ4n) is 16.7. The van der Waals surface area contributed by atoms with Gasteiger partial charge in [-0.15, -0.1) is 0 Å². The summed E-state index contributed by atoms with van der Waals surface area (Å²) < 4.78 is 75.8. The number of aryl methyl sites for hydroxylation is 1. The maximum Gasteiger partial charge on any atom is 0.410 e. The molecule has 31 nitrogen and oxygen atoms in total. The van der Waals surface area contributed by atoms with Crippen LogP contribution in [0.4, 0.5) is 20.4 Å². The van der Waals surface area contributed by atoms with Crippen LogP contribution in [0.2, 0.25) is 0 Å². The third kappa shape index (κ3) is 19.9. The van der Waals surface area contributed by atoms with Crippen LogP contribution in [-0.4, -0.2) is 229 Å². The van der Waals surface area contributed by atoms with Gasteiger partial charge in [0.25, 0.3) is 21.9 Å². The van der Waals surface area contributed by atoms with Gasteiger partial charge in [-0.1, -0.05) is 55.9 Å². The number of hydrogen-bond donors (Lipinski definition) is 9. The number of carbonyl (C=O) groups is 7. The maximum atomic E-state index is 14.2. The molecule has 12 rings (SSSR count). The second kappa shape index (κ2) is 34.7. The number of imide groups is 1. The molecule has 7 aliphatic rings. The van der Waals surface area contributed by atoms with E-state index in [2.05, 4.69) is 34.8 Å². The molecule has 0 spiro atoms. The number of rotatable bonds is 35. The first-order valence-electron chi connectivity index (χ1n) is 36.1. The molecule has 4 aliphatic carbocycles. The van der Waals surface area contributed by atoms with Gasteiger partial charge in [-0.2, -0.15) is 8.42 Å². The lowest BCUT2D eigenvalue weighted by Gasteiger charge is -2.69. The Kier molecular flexibility index (Phi) is 25.7. The number of aliphatic hydroxyl groups excluding tert-OH is 3. The summed E-state index contributed by atoms with van der Waals surface area (Å²) >= 11 is 1.39. The topological polar surface area (TPSA) is 429 Å². The van der Waals surface area contributed by atoms with Crippen LogP contribution in [0.15, 0.2) is 96.1 Å². The zero-order valence-corrected chi connectivity index (χ0v) is 62.4. The largest absolute Gasteiger partial charge is 0.491 e. The minimum Gasteiger partial charge on any atom is -0.491 e. The van der Waals surface area contributed by atoms with Crippen LogP contribution in [0, 0.1) is 16.2 Å². The molecule has 5 aromatic rings. The average molecular weight is 1540 g/mol. The van der Waals surface area contributed by atoms with Gasteiger partial charge >= 0.3 is 18.1 Å². The highest BCUT2D eigenvalue weighted by atomic mass is 32.2. The van der Waals surface area contributed by atoms with Crippen molar-refractivity contribution in [2.24, 2.45) is 27.0 Å². The number of aromatic nitrogens is 2. The molecule has 7 atom stereocenters. The number of carbonyl (C=O) groups excluding carboxylic acids is 6. The molecule has 33 heteroatoms. The number of aliphatic imine (C=N–C) groups is 1. The number of nitrogens with two attached hydrogens (primary N) is 1. The lowest BCUT2D eigenvalue weighted by atomic mass is 9.39. The number of nitrogens with one attached hydrogen (secondary N) is 3. The van der Waals surface area contributed by atoms with E-state index in [9.17, 15) is 67.0 Å². The number of allylic oxidation sites excluding steroid dienone is 1. The molecule has 7 amide bonds. The third-order valence-corrected chi connectivity index (χ3v) is 22.1. The van der Waals surface area contributed by atoms with E-state index in [4.69, 9.17) is 48.9 Å². The van der Waals surface area contributed by atoms with Crippen molar-refractivity contribution in [1.82, 2.24) is 30.4 Å². The number of pyridine rings is 1. The molecule has 4 bridgehead atoms. The molecule has 2 unspecified atom stereocenters. The van der Waals surface area contributed by atoms with Crippen LogP contribution in [0.5, 0.6) is 11.5 Å². The van der Waals surface area contributed by atoms with Crippen LogP contribution in [-0.2, 0) is 66.0 Å². The average Bonchev–Trinajstić information content (AvgIpc) is 0.838. The smallest absolute Gasteiger partial charge is 0.410 e. The van der Waals surface area contributed by atoms with Crippen molar-refractivity contribution in [1.29, 1.82) is 0 Å². The molecule has 4 saturated carbocycles. The van der Waals surface area contributed by atoms with Gasteiger partial charge in [-0.05, 0) is 135 Å². The number of aliphatic hydroxyl groups is 3. The highest BCUT2D eigenvalue weighted by Crippen LogP contribution is 2.71. The van der Waals surface area contributed by atoms with Crippen molar-refractivity contribution in [3.63, 3.8) is 0 Å². The van der Waals surface area contributed by atoms with E-state index in [1.165, 1.54) is 53.8 Å². The number of benzene rings is 3. The van der Waals surface area contributed by atoms with Crippen LogP contribution in [0.25, 0.3) is 27.0 Å². The number of nitrogens with zero attached hydrogens (tertiary/aromatic N) is 6. The number of amides is 7. The summed E-state index contributed by atoms with van der Waals surface area (Å²) in [5.41, 5.74) is 10.3. The van der Waals surface area contributed by atoms with E-state index in [1.54, 1.807) is 23.1 Å². The predicted octanol–water partition coefficient (Wildman–Crippen LogP) is 6.41. The Bertz CT molecular complexity index is 4310. The fraction of sp³-hybridized carbons (Fsp3) is 0.520. The van der Waals surface area contributed by atoms with Gasteiger partial charge in [0, 0.05) is 111 Å². The van der Waals surface area contributed by atoms with E-state index in [1.807, 2.05) is 49.4 Å². The highest BCUT2D eigenvalue weighted by molar-refractivity contribution is 7.85. The SMILES string of the molecule is COCCN(CCOC12CC3(C)CC(C)(CC(CN=C(C)C(=CN)c4ccc(-c5ccc6c(c5)N(C(=O)Nc5nc7ccccc7s5)CCC6)nc4C(=O)O)(C3)C1)C2)C(=O)OCc1ccc(O[C@H]2OC[C@@H](O)[C@@H](O)[C@H]2O)cc1OCCOCCNC(=O)[C@H](CS(=O)(=O)O)NC(=O)CCCCCN1C(=O)C=CC1=O. The third-order valence-electron chi connectivity index (χ3n) is 20.4. The van der Waals surface area contributed by atoms with Gasteiger partial charge in [0.1, 0.15) is 54.8 Å². The van der Waals surface area contributed by atoms with E-state index in [-0.39, 0.29) is 118 Å². The number of aromatic carboxylic acids is 1. The Morgan fingerprint density at radius 3 is 2.37 bits per heavy atom. The van der Waals surface area contributed by atoms with E-state index < -0.39 is 87.8 Å². The van der Waals surface area contributed by atoms with Gasteiger partial charge in [0.2, 0.25) is 18.1 Å². The fourth-order valence-corrected chi connectivity index (χ4v) is 18.2. The van der Waals surface area contributed by atoms with Crippen LogP contribution >= 0.6 is 11.3 Å². The summed E-state index contributed by atoms with van der Waals surface area (Å²) in [6.07, 6.45) is 4.76. The molecule has 5 heterocycles. The molecule has 1 saturated heterocycles. The van der Waals surface area contributed by atoms with Gasteiger partial charge in [0.15, 0.2) is 10.8 Å². The van der Waals surface area contributed by atoms with Gasteiger partial charge in [0.05, 0.1) is 54.5 Å². The first kappa shape index (κ1) is 80.0. The number of ether oxygens (including phenoxy) is 7. The summed E-state index contributed by atoms with van der Waals surface area (Å²) in [7, 11) is -3.21. The summed E-state index contributed by atoms with van der Waals surface area (Å²) in [5.74, 6) is -4.52. The van der Waals surface area contributed by atoms with Gasteiger partial charge in [-0.3, -0.25) is 43.8 Å². The van der Waals surface area contributed by atoms with Crippen molar-refractivity contribution < 1.29 is 100 Å². The Labute approximate surface area is 628 Å². The zero-order chi connectivity index (χ0) is 77.1. The Morgan fingerprint density at radius 1 is 0.880 bits per heavy atom. The number of hydrogen-bond acceptors (Lipinski definition) is 24.